The summed E-state index contributed by atoms with van der Waals surface area (Å²) >= 11 is 12.6. The minimum absolute atomic E-state index is 0.0126. The molecule has 1 fully saturated rings. The molecule has 20 heavy (non-hydrogen) atoms. The maximum Gasteiger partial charge on any atom is 0.0523 e. The van der Waals surface area contributed by atoms with Crippen molar-refractivity contribution in [3.05, 3.63) is 69.7 Å². The third kappa shape index (κ3) is 2.57. The van der Waals surface area contributed by atoms with Gasteiger partial charge in [0.1, 0.15) is 0 Å². The molecule has 104 valence electrons. The Bertz CT molecular complexity index is 580. The average Bonchev–Trinajstić information content (AvgIpc) is 3.24. The summed E-state index contributed by atoms with van der Waals surface area (Å²) < 4.78 is 0. The Hall–Kier alpha value is -1.06. The topological polar surface area (TPSA) is 38.0 Å². The summed E-state index contributed by atoms with van der Waals surface area (Å²) in [4.78, 5) is 0. The summed E-state index contributed by atoms with van der Waals surface area (Å²) in [6, 6.07) is 16.0. The highest BCUT2D eigenvalue weighted by Crippen LogP contribution is 2.55. The first-order valence-electron chi connectivity index (χ1n) is 6.67. The quantitative estimate of drug-likeness (QED) is 0.653. The van der Waals surface area contributed by atoms with Crippen LogP contribution in [0.4, 0.5) is 0 Å². The molecule has 1 aliphatic carbocycles. The van der Waals surface area contributed by atoms with Gasteiger partial charge >= 0.3 is 0 Å². The van der Waals surface area contributed by atoms with Gasteiger partial charge in [0.25, 0.3) is 0 Å². The fourth-order valence-corrected chi connectivity index (χ4v) is 3.53. The van der Waals surface area contributed by atoms with Crippen LogP contribution in [0.15, 0.2) is 48.5 Å². The van der Waals surface area contributed by atoms with E-state index < -0.39 is 0 Å². The van der Waals surface area contributed by atoms with Crippen molar-refractivity contribution in [1.29, 1.82) is 0 Å². The number of hydrogen-bond donors (Lipinski definition) is 2. The number of nitrogens with one attached hydrogen (secondary N) is 1. The number of benzene rings is 2. The lowest BCUT2D eigenvalue weighted by molar-refractivity contribution is 0.488. The van der Waals surface area contributed by atoms with Crippen molar-refractivity contribution in [2.24, 2.45) is 11.8 Å². The Balaban J connectivity index is 1.86. The molecule has 3 atom stereocenters. The van der Waals surface area contributed by atoms with E-state index in [0.717, 1.165) is 12.0 Å². The van der Waals surface area contributed by atoms with E-state index in [0.29, 0.717) is 21.9 Å². The highest BCUT2D eigenvalue weighted by atomic mass is 35.5. The molecule has 0 bridgehead atoms. The minimum atomic E-state index is -0.0126. The maximum atomic E-state index is 6.29. The van der Waals surface area contributed by atoms with Crippen molar-refractivity contribution in [2.75, 3.05) is 0 Å². The molecule has 1 saturated carbocycles. The summed E-state index contributed by atoms with van der Waals surface area (Å²) in [6.07, 6.45) is 1.10. The van der Waals surface area contributed by atoms with Crippen LogP contribution in [0.1, 0.15) is 29.5 Å². The molecule has 0 saturated heterocycles. The standard InChI is InChI=1S/C16H16Cl2N2/c17-13-7-4-8-14(18)15(13)16(20-19)12-9-11(12)10-5-2-1-3-6-10/h1-8,11-12,16,20H,9,19H2. The smallest absolute Gasteiger partial charge is 0.0523 e. The van der Waals surface area contributed by atoms with Crippen LogP contribution < -0.4 is 11.3 Å². The molecule has 0 radical (unpaired) electrons. The highest BCUT2D eigenvalue weighted by molar-refractivity contribution is 6.36. The van der Waals surface area contributed by atoms with E-state index in [-0.39, 0.29) is 6.04 Å². The van der Waals surface area contributed by atoms with E-state index in [2.05, 4.69) is 29.7 Å². The lowest BCUT2D eigenvalue weighted by Crippen LogP contribution is -2.30. The molecule has 0 heterocycles. The van der Waals surface area contributed by atoms with Gasteiger partial charge in [-0.2, -0.15) is 0 Å². The van der Waals surface area contributed by atoms with Gasteiger partial charge in [0.05, 0.1) is 6.04 Å². The Labute approximate surface area is 128 Å². The predicted molar refractivity (Wildman–Crippen MR) is 83.8 cm³/mol. The van der Waals surface area contributed by atoms with Crippen LogP contribution in [0.2, 0.25) is 10.0 Å². The first-order chi connectivity index (χ1) is 9.72. The molecular formula is C16H16Cl2N2. The van der Waals surface area contributed by atoms with Gasteiger partial charge in [-0.25, -0.2) is 0 Å². The molecule has 1 aliphatic rings. The van der Waals surface area contributed by atoms with Gasteiger partial charge in [-0.1, -0.05) is 59.6 Å². The van der Waals surface area contributed by atoms with Crippen molar-refractivity contribution in [2.45, 2.75) is 18.4 Å². The molecule has 2 aromatic carbocycles. The second-order valence-electron chi connectivity index (χ2n) is 5.20. The Morgan fingerprint density at radius 3 is 2.25 bits per heavy atom. The largest absolute Gasteiger partial charge is 0.271 e. The molecule has 2 nitrogen and oxygen atoms in total. The Kier molecular flexibility index (Phi) is 3.99. The Morgan fingerprint density at radius 1 is 1.00 bits per heavy atom. The van der Waals surface area contributed by atoms with Crippen LogP contribution in [0.3, 0.4) is 0 Å². The summed E-state index contributed by atoms with van der Waals surface area (Å²) in [5, 5.41) is 1.33. The first-order valence-corrected chi connectivity index (χ1v) is 7.43. The van der Waals surface area contributed by atoms with E-state index in [4.69, 9.17) is 29.0 Å². The molecule has 4 heteroatoms. The van der Waals surface area contributed by atoms with Crippen LogP contribution in [0.25, 0.3) is 0 Å². The normalized spacial score (nSPS) is 22.6. The maximum absolute atomic E-state index is 6.29. The van der Waals surface area contributed by atoms with Crippen LogP contribution in [0.5, 0.6) is 0 Å². The molecule has 3 N–H and O–H groups in total. The van der Waals surface area contributed by atoms with Gasteiger partial charge in [0, 0.05) is 15.6 Å². The summed E-state index contributed by atoms with van der Waals surface area (Å²) in [7, 11) is 0. The molecule has 2 aromatic rings. The summed E-state index contributed by atoms with van der Waals surface area (Å²) in [5.41, 5.74) is 5.15. The predicted octanol–water partition coefficient (Wildman–Crippen LogP) is 4.30. The summed E-state index contributed by atoms with van der Waals surface area (Å²) in [6.45, 7) is 0. The van der Waals surface area contributed by atoms with Crippen LogP contribution >= 0.6 is 23.2 Å². The third-order valence-corrected chi connectivity index (χ3v) is 4.65. The second kappa shape index (κ2) is 5.74. The van der Waals surface area contributed by atoms with E-state index in [1.54, 1.807) is 0 Å². The van der Waals surface area contributed by atoms with Crippen molar-refractivity contribution in [3.8, 4) is 0 Å². The fraction of sp³-hybridized carbons (Fsp3) is 0.250. The van der Waals surface area contributed by atoms with Crippen molar-refractivity contribution in [3.63, 3.8) is 0 Å². The lowest BCUT2D eigenvalue weighted by atomic mass is 9.99. The zero-order valence-corrected chi connectivity index (χ0v) is 12.4. The second-order valence-corrected chi connectivity index (χ2v) is 6.01. The van der Waals surface area contributed by atoms with Gasteiger partial charge in [-0.15, -0.1) is 0 Å². The number of halogens is 2. The molecule has 3 rings (SSSR count). The van der Waals surface area contributed by atoms with Gasteiger partial charge in [-0.3, -0.25) is 11.3 Å². The average molecular weight is 307 g/mol. The zero-order chi connectivity index (χ0) is 14.1. The zero-order valence-electron chi connectivity index (χ0n) is 10.9. The first kappa shape index (κ1) is 13.9. The van der Waals surface area contributed by atoms with Crippen molar-refractivity contribution in [1.82, 2.24) is 5.43 Å². The fourth-order valence-electron chi connectivity index (χ4n) is 2.90. The Morgan fingerprint density at radius 2 is 1.65 bits per heavy atom. The van der Waals surface area contributed by atoms with Gasteiger partial charge in [0.2, 0.25) is 0 Å². The highest BCUT2D eigenvalue weighted by Gasteiger charge is 2.45. The lowest BCUT2D eigenvalue weighted by Gasteiger charge is -2.19. The SMILES string of the molecule is NNC(c1c(Cl)cccc1Cl)C1CC1c1ccccc1. The molecule has 0 spiro atoms. The van der Waals surface area contributed by atoms with E-state index >= 15 is 0 Å². The van der Waals surface area contributed by atoms with Crippen LogP contribution in [-0.2, 0) is 0 Å². The van der Waals surface area contributed by atoms with Gasteiger partial charge in [0.15, 0.2) is 0 Å². The van der Waals surface area contributed by atoms with Crippen LogP contribution in [0, 0.1) is 5.92 Å². The van der Waals surface area contributed by atoms with Crippen LogP contribution in [-0.4, -0.2) is 0 Å². The monoisotopic (exact) mass is 306 g/mol. The molecule has 0 amide bonds. The minimum Gasteiger partial charge on any atom is -0.271 e. The molecule has 0 aliphatic heterocycles. The summed E-state index contributed by atoms with van der Waals surface area (Å²) in [5.74, 6) is 6.71. The van der Waals surface area contributed by atoms with Gasteiger partial charge in [-0.05, 0) is 36.0 Å². The molecular weight excluding hydrogens is 291 g/mol. The van der Waals surface area contributed by atoms with Crippen molar-refractivity contribution < 1.29 is 0 Å². The number of hydrogen-bond acceptors (Lipinski definition) is 2. The van der Waals surface area contributed by atoms with Crippen molar-refractivity contribution >= 4 is 23.2 Å². The molecule has 3 unspecified atom stereocenters. The number of hydrazine groups is 1. The molecule has 0 aromatic heterocycles. The van der Waals surface area contributed by atoms with E-state index in [1.165, 1.54) is 5.56 Å². The number of rotatable bonds is 4. The van der Waals surface area contributed by atoms with E-state index in [1.807, 2.05) is 24.3 Å². The third-order valence-electron chi connectivity index (χ3n) is 3.99. The van der Waals surface area contributed by atoms with Gasteiger partial charge < -0.3 is 0 Å². The van der Waals surface area contributed by atoms with E-state index in [9.17, 15) is 0 Å². The number of nitrogens with two attached hydrogens (primary N) is 1.